The van der Waals surface area contributed by atoms with Crippen LogP contribution in [0.3, 0.4) is 0 Å². The second-order valence-corrected chi connectivity index (χ2v) is 12.2. The molecule has 0 nitrogen and oxygen atoms in total. The summed E-state index contributed by atoms with van der Waals surface area (Å²) in [6, 6.07) is 9.20. The van der Waals surface area contributed by atoms with Crippen molar-refractivity contribution in [1.82, 2.24) is 0 Å². The largest absolute Gasteiger partial charge is 0.0801 e. The van der Waals surface area contributed by atoms with E-state index in [1.165, 1.54) is 98.6 Å². The average Bonchev–Trinajstić information content (AvgIpc) is 3.50. The van der Waals surface area contributed by atoms with E-state index in [4.69, 9.17) is 0 Å². The first-order valence-corrected chi connectivity index (χ1v) is 14.4. The van der Waals surface area contributed by atoms with Crippen LogP contribution < -0.4 is 10.4 Å². The van der Waals surface area contributed by atoms with Crippen molar-refractivity contribution in [3.05, 3.63) is 81.8 Å². The molecule has 2 unspecified atom stereocenters. The van der Waals surface area contributed by atoms with Crippen molar-refractivity contribution in [3.8, 4) is 0 Å². The van der Waals surface area contributed by atoms with Crippen LogP contribution in [0.1, 0.15) is 83.5 Å². The molecule has 0 radical (unpaired) electrons. The Hall–Kier alpha value is -2.08. The Morgan fingerprint density at radius 2 is 1.35 bits per heavy atom. The molecule has 1 aromatic rings. The second-order valence-electron chi connectivity index (χ2n) is 12.2. The molecule has 0 aromatic heterocycles. The van der Waals surface area contributed by atoms with Crippen molar-refractivity contribution in [2.45, 2.75) is 83.5 Å². The van der Waals surface area contributed by atoms with Gasteiger partial charge in [-0.15, -0.1) is 0 Å². The normalized spacial score (nSPS) is 33.7. The van der Waals surface area contributed by atoms with Gasteiger partial charge in [0, 0.05) is 11.3 Å². The lowest BCUT2D eigenvalue weighted by Crippen LogP contribution is -2.63. The highest BCUT2D eigenvalue weighted by Crippen LogP contribution is 2.75. The molecule has 0 heterocycles. The van der Waals surface area contributed by atoms with Crippen molar-refractivity contribution in [3.63, 3.8) is 0 Å². The zero-order valence-corrected chi connectivity index (χ0v) is 20.8. The van der Waals surface area contributed by atoms with Crippen LogP contribution in [-0.4, -0.2) is 0 Å². The van der Waals surface area contributed by atoms with Gasteiger partial charge in [0.25, 0.3) is 0 Å². The minimum atomic E-state index is 0.355. The van der Waals surface area contributed by atoms with Crippen LogP contribution >= 0.6 is 0 Å². The molecule has 0 N–H and O–H groups in total. The van der Waals surface area contributed by atoms with Crippen LogP contribution in [0.4, 0.5) is 0 Å². The summed E-state index contributed by atoms with van der Waals surface area (Å²) in [5.74, 6) is 2.32. The first-order chi connectivity index (χ1) is 16.8. The summed E-state index contributed by atoms with van der Waals surface area (Å²) in [6.07, 6.45) is 36.3. The van der Waals surface area contributed by atoms with E-state index in [0.717, 1.165) is 18.3 Å². The summed E-state index contributed by atoms with van der Waals surface area (Å²) < 4.78 is 0. The van der Waals surface area contributed by atoms with E-state index in [1.807, 2.05) is 0 Å². The SMILES string of the molecule is C1=CC2=CC(C3(C4CCCCC4)CCC3(C3C=c4ccccc4=C3)C3CCCCC3)=CC2=CC1. The Bertz CT molecular complexity index is 1170. The zero-order valence-electron chi connectivity index (χ0n) is 20.8. The molecule has 7 rings (SSSR count). The van der Waals surface area contributed by atoms with E-state index >= 15 is 0 Å². The van der Waals surface area contributed by atoms with Crippen LogP contribution in [0, 0.1) is 28.6 Å². The van der Waals surface area contributed by atoms with Crippen LogP contribution in [-0.2, 0) is 0 Å². The fourth-order valence-electron chi connectivity index (χ4n) is 9.49. The summed E-state index contributed by atoms with van der Waals surface area (Å²) in [5.41, 5.74) is 5.48. The van der Waals surface area contributed by atoms with Gasteiger partial charge in [0.05, 0.1) is 0 Å². The molecule has 0 heteroatoms. The summed E-state index contributed by atoms with van der Waals surface area (Å²) >= 11 is 0. The first kappa shape index (κ1) is 21.2. The molecule has 0 spiro atoms. The Balaban J connectivity index is 1.42. The molecule has 6 aliphatic rings. The molecule has 34 heavy (non-hydrogen) atoms. The van der Waals surface area contributed by atoms with E-state index in [0.29, 0.717) is 16.7 Å². The summed E-state index contributed by atoms with van der Waals surface area (Å²) in [5, 5.41) is 2.98. The minimum absolute atomic E-state index is 0.355. The number of allylic oxidation sites excluding steroid dienone is 8. The van der Waals surface area contributed by atoms with Gasteiger partial charge in [-0.25, -0.2) is 0 Å². The third kappa shape index (κ3) is 2.96. The molecule has 1 aromatic carbocycles. The number of hydrogen-bond acceptors (Lipinski definition) is 0. The van der Waals surface area contributed by atoms with Crippen molar-refractivity contribution >= 4 is 12.2 Å². The molecule has 0 amide bonds. The van der Waals surface area contributed by atoms with Gasteiger partial charge in [0.2, 0.25) is 0 Å². The average molecular weight is 449 g/mol. The maximum Gasteiger partial charge on any atom is 0.00495 e. The molecular formula is C34H40. The van der Waals surface area contributed by atoms with E-state index in [9.17, 15) is 0 Å². The van der Waals surface area contributed by atoms with E-state index < -0.39 is 0 Å². The van der Waals surface area contributed by atoms with E-state index in [2.05, 4.69) is 66.8 Å². The fraction of sp³-hybridized carbons (Fsp3) is 0.529. The number of benzene rings is 1. The lowest BCUT2D eigenvalue weighted by molar-refractivity contribution is -0.160. The maximum atomic E-state index is 2.70. The lowest BCUT2D eigenvalue weighted by Gasteiger charge is -2.70. The predicted octanol–water partition coefficient (Wildman–Crippen LogP) is 7.56. The molecule has 3 fully saturated rings. The van der Waals surface area contributed by atoms with E-state index in [1.54, 1.807) is 5.57 Å². The van der Waals surface area contributed by atoms with Crippen LogP contribution in [0.2, 0.25) is 0 Å². The Morgan fingerprint density at radius 1 is 0.676 bits per heavy atom. The van der Waals surface area contributed by atoms with Gasteiger partial charge >= 0.3 is 0 Å². The molecular weight excluding hydrogens is 408 g/mol. The Labute approximate surface area is 205 Å². The second kappa shape index (κ2) is 8.25. The summed E-state index contributed by atoms with van der Waals surface area (Å²) in [6.45, 7) is 0. The predicted molar refractivity (Wildman–Crippen MR) is 143 cm³/mol. The molecule has 0 aliphatic heterocycles. The molecule has 6 aliphatic carbocycles. The van der Waals surface area contributed by atoms with Gasteiger partial charge in [-0.1, -0.05) is 105 Å². The Morgan fingerprint density at radius 3 is 1.97 bits per heavy atom. The molecule has 2 atom stereocenters. The highest BCUT2D eigenvalue weighted by Gasteiger charge is 2.68. The highest BCUT2D eigenvalue weighted by atomic mass is 14.7. The highest BCUT2D eigenvalue weighted by molar-refractivity contribution is 5.63. The van der Waals surface area contributed by atoms with Crippen molar-refractivity contribution < 1.29 is 0 Å². The Kier molecular flexibility index (Phi) is 5.15. The van der Waals surface area contributed by atoms with Crippen LogP contribution in [0.5, 0.6) is 0 Å². The standard InChI is InChI=1S/C34H40/c1-3-15-29(16-4-1)33(31-21-25-11-7-8-12-26(25)22-31)19-20-34(33,30-17-5-2-6-18-30)32-23-27-13-9-10-14-28(27)24-32/h7-9,11-14,21-24,29-31H,1-6,10,15-20H2. The molecule has 0 bridgehead atoms. The van der Waals surface area contributed by atoms with Crippen LogP contribution in [0.15, 0.2) is 71.4 Å². The van der Waals surface area contributed by atoms with Gasteiger partial charge < -0.3 is 0 Å². The maximum absolute atomic E-state index is 2.70. The summed E-state index contributed by atoms with van der Waals surface area (Å²) in [4.78, 5) is 0. The number of hydrogen-bond donors (Lipinski definition) is 0. The first-order valence-electron chi connectivity index (χ1n) is 14.4. The molecule has 0 saturated heterocycles. The van der Waals surface area contributed by atoms with Crippen molar-refractivity contribution in [2.75, 3.05) is 0 Å². The van der Waals surface area contributed by atoms with Crippen molar-refractivity contribution in [1.29, 1.82) is 0 Å². The van der Waals surface area contributed by atoms with Crippen molar-refractivity contribution in [2.24, 2.45) is 28.6 Å². The monoisotopic (exact) mass is 448 g/mol. The van der Waals surface area contributed by atoms with Gasteiger partial charge in [-0.2, -0.15) is 0 Å². The van der Waals surface area contributed by atoms with Crippen LogP contribution in [0.25, 0.3) is 12.2 Å². The number of rotatable bonds is 4. The van der Waals surface area contributed by atoms with E-state index in [-0.39, 0.29) is 0 Å². The van der Waals surface area contributed by atoms with Gasteiger partial charge in [-0.05, 0) is 89.4 Å². The lowest BCUT2D eigenvalue weighted by atomic mass is 9.34. The topological polar surface area (TPSA) is 0 Å². The minimum Gasteiger partial charge on any atom is -0.0801 e. The smallest absolute Gasteiger partial charge is 0.00495 e. The van der Waals surface area contributed by atoms with Gasteiger partial charge in [-0.3, -0.25) is 0 Å². The fourth-order valence-corrected chi connectivity index (χ4v) is 9.49. The third-order valence-corrected chi connectivity index (χ3v) is 11.0. The number of fused-ring (bicyclic) bond motifs is 2. The zero-order chi connectivity index (χ0) is 22.6. The third-order valence-electron chi connectivity index (χ3n) is 11.0. The van der Waals surface area contributed by atoms with Gasteiger partial charge in [0.1, 0.15) is 0 Å². The molecule has 3 saturated carbocycles. The van der Waals surface area contributed by atoms with Gasteiger partial charge in [0.15, 0.2) is 0 Å². The summed E-state index contributed by atoms with van der Waals surface area (Å²) in [7, 11) is 0. The molecule has 176 valence electrons. The quantitative estimate of drug-likeness (QED) is 0.446.